The molecule has 1 fully saturated rings. The van der Waals surface area contributed by atoms with Crippen molar-refractivity contribution in [2.24, 2.45) is 0 Å². The van der Waals surface area contributed by atoms with Crippen molar-refractivity contribution in [3.63, 3.8) is 0 Å². The van der Waals surface area contributed by atoms with Crippen LogP contribution in [0.25, 0.3) is 11.3 Å². The Bertz CT molecular complexity index is 1060. The number of aromatic nitrogens is 5. The molecule has 4 rings (SSSR count). The number of halogens is 1. The van der Waals surface area contributed by atoms with E-state index in [0.29, 0.717) is 29.9 Å². The van der Waals surface area contributed by atoms with Crippen LogP contribution in [0.5, 0.6) is 0 Å². The Hall–Kier alpha value is -2.73. The fourth-order valence-electron chi connectivity index (χ4n) is 2.75. The highest BCUT2D eigenvalue weighted by Crippen LogP contribution is 2.73. The third-order valence-corrected chi connectivity index (χ3v) is 7.01. The molecule has 0 bridgehead atoms. The van der Waals surface area contributed by atoms with Crippen LogP contribution in [-0.4, -0.2) is 42.8 Å². The van der Waals surface area contributed by atoms with Crippen LogP contribution < -0.4 is 11.1 Å². The second kappa shape index (κ2) is 7.12. The largest absolute Gasteiger partial charge is 0.316 e. The molecule has 0 aromatic carbocycles. The topological polar surface area (TPSA) is 82.7 Å². The first kappa shape index (κ1) is 17.7. The maximum atomic E-state index is 13.8. The van der Waals surface area contributed by atoms with Crippen molar-refractivity contribution in [1.82, 2.24) is 24.3 Å². The molecular formula is C18H18FN5O2P+. The molecule has 0 amide bonds. The summed E-state index contributed by atoms with van der Waals surface area (Å²) in [5.41, 5.74) is 0.815. The van der Waals surface area contributed by atoms with E-state index in [4.69, 9.17) is 0 Å². The lowest BCUT2D eigenvalue weighted by Crippen LogP contribution is -2.41. The van der Waals surface area contributed by atoms with Crippen molar-refractivity contribution in [3.05, 3.63) is 75.5 Å². The third kappa shape index (κ3) is 4.01. The summed E-state index contributed by atoms with van der Waals surface area (Å²) >= 11 is 0. The zero-order valence-electron chi connectivity index (χ0n) is 14.5. The first-order chi connectivity index (χ1) is 13.0. The average Bonchev–Trinajstić information content (AvgIpc) is 3.44. The summed E-state index contributed by atoms with van der Waals surface area (Å²) < 4.78 is 16.4. The predicted molar refractivity (Wildman–Crippen MR) is 102 cm³/mol. The van der Waals surface area contributed by atoms with E-state index in [2.05, 4.69) is 15.2 Å². The predicted octanol–water partition coefficient (Wildman–Crippen LogP) is 1.83. The van der Waals surface area contributed by atoms with Gasteiger partial charge in [0, 0.05) is 30.4 Å². The maximum absolute atomic E-state index is 13.8. The van der Waals surface area contributed by atoms with Gasteiger partial charge in [-0.1, -0.05) is 4.20 Å². The van der Waals surface area contributed by atoms with E-state index in [1.807, 2.05) is 12.1 Å². The Kier molecular flexibility index (Phi) is 4.66. The van der Waals surface area contributed by atoms with Gasteiger partial charge in [-0.25, -0.2) is 0 Å². The summed E-state index contributed by atoms with van der Waals surface area (Å²) in [5.74, 6) is 0. The fraction of sp³-hybridized carbons (Fsp3) is 0.278. The second-order valence-electron chi connectivity index (χ2n) is 6.58. The van der Waals surface area contributed by atoms with E-state index in [1.54, 1.807) is 24.5 Å². The highest BCUT2D eigenvalue weighted by atomic mass is 31.2. The minimum Gasteiger partial charge on any atom is -0.306 e. The van der Waals surface area contributed by atoms with Gasteiger partial charge < -0.3 is 9.13 Å². The van der Waals surface area contributed by atoms with Crippen molar-refractivity contribution < 1.29 is 4.20 Å². The quantitative estimate of drug-likeness (QED) is 0.477. The van der Waals surface area contributed by atoms with E-state index < -0.39 is 18.7 Å². The van der Waals surface area contributed by atoms with Crippen LogP contribution in [-0.2, 0) is 13.1 Å². The monoisotopic (exact) mass is 386 g/mol. The van der Waals surface area contributed by atoms with Crippen LogP contribution in [0.4, 0.5) is 4.20 Å². The van der Waals surface area contributed by atoms with Crippen LogP contribution in [0.2, 0.25) is 0 Å². The summed E-state index contributed by atoms with van der Waals surface area (Å²) in [7, 11) is -2.25. The van der Waals surface area contributed by atoms with Crippen LogP contribution >= 0.6 is 7.57 Å². The molecule has 0 spiro atoms. The molecule has 3 aromatic heterocycles. The molecule has 0 atom stereocenters. The number of hydrogen-bond donors (Lipinski definition) is 0. The van der Waals surface area contributed by atoms with Gasteiger partial charge in [-0.2, -0.15) is 10.2 Å². The van der Waals surface area contributed by atoms with Crippen molar-refractivity contribution in [2.45, 2.75) is 13.1 Å². The molecule has 9 heteroatoms. The zero-order valence-corrected chi connectivity index (χ0v) is 15.4. The van der Waals surface area contributed by atoms with Gasteiger partial charge in [-0.05, 0) is 24.3 Å². The molecule has 0 aliphatic carbocycles. The molecule has 27 heavy (non-hydrogen) atoms. The first-order valence-corrected chi connectivity index (χ1v) is 10.9. The Balaban J connectivity index is 1.50. The second-order valence-corrected chi connectivity index (χ2v) is 9.98. The molecule has 1 saturated heterocycles. The molecular weight excluding hydrogens is 368 g/mol. The van der Waals surface area contributed by atoms with Crippen molar-refractivity contribution in [1.29, 1.82) is 0 Å². The zero-order chi connectivity index (χ0) is 18.9. The van der Waals surface area contributed by atoms with Crippen LogP contribution in [0.1, 0.15) is 5.69 Å². The van der Waals surface area contributed by atoms with Crippen LogP contribution in [0, 0.1) is 0 Å². The lowest BCUT2D eigenvalue weighted by molar-refractivity contribution is 0.641. The molecule has 0 radical (unpaired) electrons. The van der Waals surface area contributed by atoms with Gasteiger partial charge in [-0.3, -0.25) is 14.6 Å². The van der Waals surface area contributed by atoms with Crippen molar-refractivity contribution in [2.75, 3.05) is 18.5 Å². The van der Waals surface area contributed by atoms with Gasteiger partial charge >= 0.3 is 11.1 Å². The van der Waals surface area contributed by atoms with Crippen LogP contribution in [0.3, 0.4) is 0 Å². The summed E-state index contributed by atoms with van der Waals surface area (Å²) in [5, 5.41) is 8.28. The molecule has 0 N–H and O–H groups in total. The minimum absolute atomic E-state index is 0.148. The first-order valence-electron chi connectivity index (χ1n) is 8.63. The minimum atomic E-state index is -2.25. The molecule has 1 aliphatic heterocycles. The summed E-state index contributed by atoms with van der Waals surface area (Å²) in [4.78, 5) is 28.6. The average molecular weight is 386 g/mol. The smallest absolute Gasteiger partial charge is 0.306 e. The SMILES string of the molecule is O=c1c(=O)n(Cc2ccc(-c3cccnc3)nn2)ccn1CC[P+]1(F)CC1. The standard InChI is InChI=1S/C18H18FN5O2P/c19-27(10-11-27)9-8-23-6-7-24(18(26)17(23)25)13-15-3-4-16(22-21-15)14-2-1-5-20-12-14/h1-7,12H,8-11,13H2/q+1. The number of aryl methyl sites for hydroxylation is 1. The van der Waals surface area contributed by atoms with E-state index in [-0.39, 0.29) is 13.1 Å². The van der Waals surface area contributed by atoms with Gasteiger partial charge in [0.25, 0.3) is 0 Å². The summed E-state index contributed by atoms with van der Waals surface area (Å²) in [6.45, 7) is 0.411. The molecule has 0 saturated carbocycles. The third-order valence-electron chi connectivity index (χ3n) is 4.59. The van der Waals surface area contributed by atoms with Crippen LogP contribution in [0.15, 0.2) is 58.6 Å². The molecule has 1 aliphatic rings. The van der Waals surface area contributed by atoms with E-state index in [9.17, 15) is 13.8 Å². The van der Waals surface area contributed by atoms with Gasteiger partial charge in [0.05, 0.1) is 24.5 Å². The summed E-state index contributed by atoms with van der Waals surface area (Å²) in [6, 6.07) is 7.26. The van der Waals surface area contributed by atoms with Gasteiger partial charge in [0.2, 0.25) is 7.57 Å². The number of hydrogen-bond acceptors (Lipinski definition) is 5. The maximum Gasteiger partial charge on any atom is 0.316 e. The van der Waals surface area contributed by atoms with Gasteiger partial charge in [0.1, 0.15) is 18.5 Å². The van der Waals surface area contributed by atoms with E-state index >= 15 is 0 Å². The molecule has 0 unspecified atom stereocenters. The summed E-state index contributed by atoms with van der Waals surface area (Å²) in [6.07, 6.45) is 8.11. The fourth-order valence-corrected chi connectivity index (χ4v) is 4.64. The Morgan fingerprint density at radius 3 is 2.48 bits per heavy atom. The highest BCUT2D eigenvalue weighted by molar-refractivity contribution is 7.78. The molecule has 138 valence electrons. The normalized spacial score (nSPS) is 14.9. The molecule has 3 aromatic rings. The Morgan fingerprint density at radius 1 is 1.04 bits per heavy atom. The number of pyridine rings is 1. The van der Waals surface area contributed by atoms with Gasteiger partial charge in [-0.15, -0.1) is 0 Å². The van der Waals surface area contributed by atoms with E-state index in [1.165, 1.54) is 21.5 Å². The lowest BCUT2D eigenvalue weighted by atomic mass is 10.2. The lowest BCUT2D eigenvalue weighted by Gasteiger charge is -2.08. The van der Waals surface area contributed by atoms with Gasteiger partial charge in [0.15, 0.2) is 0 Å². The van der Waals surface area contributed by atoms with E-state index in [0.717, 1.165) is 5.56 Å². The van der Waals surface area contributed by atoms with Crippen molar-refractivity contribution in [3.8, 4) is 11.3 Å². The number of nitrogens with zero attached hydrogens (tertiary/aromatic N) is 5. The molecule has 4 heterocycles. The highest BCUT2D eigenvalue weighted by Gasteiger charge is 2.54. The Morgan fingerprint density at radius 2 is 1.81 bits per heavy atom. The van der Waals surface area contributed by atoms with Crippen molar-refractivity contribution >= 4 is 7.57 Å². The number of rotatable bonds is 6. The Labute approximate surface area is 155 Å². The molecule has 7 nitrogen and oxygen atoms in total.